The number of fused-ring (bicyclic) bond motifs is 1. The highest BCUT2D eigenvalue weighted by molar-refractivity contribution is 7.16. The summed E-state index contributed by atoms with van der Waals surface area (Å²) in [6.45, 7) is 7.38. The lowest BCUT2D eigenvalue weighted by Gasteiger charge is -2.40. The van der Waals surface area contributed by atoms with Crippen molar-refractivity contribution in [1.29, 1.82) is 0 Å². The van der Waals surface area contributed by atoms with Gasteiger partial charge in [0, 0.05) is 23.9 Å². The average Bonchev–Trinajstić information content (AvgIpc) is 2.85. The van der Waals surface area contributed by atoms with Gasteiger partial charge in [-0.25, -0.2) is 0 Å². The molecule has 0 unspecified atom stereocenters. The van der Waals surface area contributed by atoms with Crippen LogP contribution in [-0.2, 0) is 11.3 Å². The maximum absolute atomic E-state index is 12.0. The van der Waals surface area contributed by atoms with E-state index in [-0.39, 0.29) is 5.91 Å². The van der Waals surface area contributed by atoms with Crippen LogP contribution in [0.3, 0.4) is 0 Å². The van der Waals surface area contributed by atoms with E-state index in [0.717, 1.165) is 17.4 Å². The Morgan fingerprint density at radius 1 is 1.52 bits per heavy atom. The molecular formula is C16H21ClN2OS. The van der Waals surface area contributed by atoms with Crippen molar-refractivity contribution in [1.82, 2.24) is 9.80 Å². The van der Waals surface area contributed by atoms with E-state index < -0.39 is 0 Å². The van der Waals surface area contributed by atoms with Crippen molar-refractivity contribution >= 4 is 28.8 Å². The lowest BCUT2D eigenvalue weighted by Crippen LogP contribution is -2.43. The van der Waals surface area contributed by atoms with E-state index in [0.29, 0.717) is 18.4 Å². The highest BCUT2D eigenvalue weighted by Gasteiger charge is 2.35. The van der Waals surface area contributed by atoms with Crippen LogP contribution in [0.5, 0.6) is 0 Å². The second kappa shape index (κ2) is 6.11. The maximum atomic E-state index is 12.0. The van der Waals surface area contributed by atoms with Crippen LogP contribution in [-0.4, -0.2) is 42.4 Å². The van der Waals surface area contributed by atoms with Crippen LogP contribution in [0.1, 0.15) is 29.2 Å². The fourth-order valence-corrected chi connectivity index (χ4v) is 5.02. The molecule has 0 bridgehead atoms. The lowest BCUT2D eigenvalue weighted by molar-refractivity contribution is -0.127. The first-order valence-electron chi connectivity index (χ1n) is 7.46. The van der Waals surface area contributed by atoms with Crippen molar-refractivity contribution in [2.24, 2.45) is 5.92 Å². The zero-order valence-electron chi connectivity index (χ0n) is 12.3. The Bertz CT molecular complexity index is 556. The summed E-state index contributed by atoms with van der Waals surface area (Å²) in [7, 11) is 2.18. The SMILES string of the molecule is C=CC(=O)N1Cc2sc(Cl)cc2[C@H]([C@@H]2CCCN(C)C2)C1. The number of carbonyl (C=O) groups excluding carboxylic acids is 1. The number of halogens is 1. The zero-order valence-corrected chi connectivity index (χ0v) is 13.9. The third-order valence-corrected chi connectivity index (χ3v) is 5.94. The van der Waals surface area contributed by atoms with Gasteiger partial charge in [0.25, 0.3) is 0 Å². The first-order chi connectivity index (χ1) is 10.1. The first kappa shape index (κ1) is 15.1. The van der Waals surface area contributed by atoms with Crippen molar-refractivity contribution in [3.05, 3.63) is 33.5 Å². The van der Waals surface area contributed by atoms with Gasteiger partial charge in [0.2, 0.25) is 5.91 Å². The third kappa shape index (κ3) is 3.03. The third-order valence-electron chi connectivity index (χ3n) is 4.68. The summed E-state index contributed by atoms with van der Waals surface area (Å²) >= 11 is 7.84. The fourth-order valence-electron chi connectivity index (χ4n) is 3.65. The Balaban J connectivity index is 1.89. The second-order valence-electron chi connectivity index (χ2n) is 6.12. The summed E-state index contributed by atoms with van der Waals surface area (Å²) in [5.74, 6) is 1.04. The highest BCUT2D eigenvalue weighted by atomic mass is 35.5. The number of likely N-dealkylation sites (tertiary alicyclic amines) is 1. The van der Waals surface area contributed by atoms with Crippen LogP contribution in [0, 0.1) is 5.92 Å². The molecule has 1 amide bonds. The van der Waals surface area contributed by atoms with Gasteiger partial charge < -0.3 is 9.80 Å². The quantitative estimate of drug-likeness (QED) is 0.779. The lowest BCUT2D eigenvalue weighted by atomic mass is 9.79. The van der Waals surface area contributed by atoms with Crippen LogP contribution in [0.25, 0.3) is 0 Å². The molecule has 2 aliphatic heterocycles. The predicted octanol–water partition coefficient (Wildman–Crippen LogP) is 3.36. The van der Waals surface area contributed by atoms with Crippen LogP contribution < -0.4 is 0 Å². The van der Waals surface area contributed by atoms with Gasteiger partial charge in [-0.1, -0.05) is 18.2 Å². The van der Waals surface area contributed by atoms with Gasteiger partial charge in [0.15, 0.2) is 0 Å². The van der Waals surface area contributed by atoms with Gasteiger partial charge in [-0.05, 0) is 50.1 Å². The molecule has 0 spiro atoms. The van der Waals surface area contributed by atoms with E-state index in [9.17, 15) is 4.79 Å². The minimum Gasteiger partial charge on any atom is -0.333 e. The molecule has 1 aromatic rings. The van der Waals surface area contributed by atoms with Gasteiger partial charge in [-0.15, -0.1) is 11.3 Å². The van der Waals surface area contributed by atoms with E-state index in [1.807, 2.05) is 4.90 Å². The monoisotopic (exact) mass is 324 g/mol. The van der Waals surface area contributed by atoms with Gasteiger partial charge in [-0.2, -0.15) is 0 Å². The Hall–Kier alpha value is -0.840. The molecule has 3 rings (SSSR count). The van der Waals surface area contributed by atoms with Gasteiger partial charge in [-0.3, -0.25) is 4.79 Å². The van der Waals surface area contributed by atoms with E-state index in [4.69, 9.17) is 11.6 Å². The maximum Gasteiger partial charge on any atom is 0.246 e. The topological polar surface area (TPSA) is 23.6 Å². The zero-order chi connectivity index (χ0) is 15.0. The van der Waals surface area contributed by atoms with Gasteiger partial charge in [0.1, 0.15) is 0 Å². The van der Waals surface area contributed by atoms with Crippen LogP contribution in [0.2, 0.25) is 4.34 Å². The molecule has 5 heteroatoms. The number of thiophene rings is 1. The van der Waals surface area contributed by atoms with Gasteiger partial charge in [0.05, 0.1) is 10.9 Å². The van der Waals surface area contributed by atoms with E-state index in [1.165, 1.54) is 35.9 Å². The Kier molecular flexibility index (Phi) is 4.38. The molecule has 2 aliphatic rings. The number of rotatable bonds is 2. The summed E-state index contributed by atoms with van der Waals surface area (Å²) in [5.41, 5.74) is 1.37. The average molecular weight is 325 g/mol. The molecule has 0 radical (unpaired) electrons. The molecule has 0 saturated carbocycles. The predicted molar refractivity (Wildman–Crippen MR) is 87.9 cm³/mol. The second-order valence-corrected chi connectivity index (χ2v) is 7.89. The molecular weight excluding hydrogens is 304 g/mol. The van der Waals surface area contributed by atoms with Crippen molar-refractivity contribution in [2.75, 3.05) is 26.7 Å². The minimum absolute atomic E-state index is 0.0272. The van der Waals surface area contributed by atoms with Crippen molar-refractivity contribution in [3.63, 3.8) is 0 Å². The van der Waals surface area contributed by atoms with E-state index in [2.05, 4.69) is 24.6 Å². The highest BCUT2D eigenvalue weighted by Crippen LogP contribution is 2.42. The number of nitrogens with zero attached hydrogens (tertiary/aromatic N) is 2. The Labute approximate surface area is 135 Å². The molecule has 0 aromatic carbocycles. The number of hydrogen-bond donors (Lipinski definition) is 0. The summed E-state index contributed by atoms with van der Waals surface area (Å²) in [5, 5.41) is 0. The number of hydrogen-bond acceptors (Lipinski definition) is 3. The minimum atomic E-state index is 0.0272. The van der Waals surface area contributed by atoms with Crippen LogP contribution in [0.4, 0.5) is 0 Å². The van der Waals surface area contributed by atoms with Gasteiger partial charge >= 0.3 is 0 Å². The van der Waals surface area contributed by atoms with Crippen LogP contribution >= 0.6 is 22.9 Å². The summed E-state index contributed by atoms with van der Waals surface area (Å²) in [4.78, 5) is 17.6. The molecule has 0 N–H and O–H groups in total. The summed E-state index contributed by atoms with van der Waals surface area (Å²) in [6, 6.07) is 2.12. The molecule has 2 atom stereocenters. The summed E-state index contributed by atoms with van der Waals surface area (Å²) < 4.78 is 0.835. The number of carbonyl (C=O) groups is 1. The fraction of sp³-hybridized carbons (Fsp3) is 0.562. The summed E-state index contributed by atoms with van der Waals surface area (Å²) in [6.07, 6.45) is 3.89. The molecule has 1 fully saturated rings. The number of amides is 1. The molecule has 114 valence electrons. The van der Waals surface area contributed by atoms with E-state index in [1.54, 1.807) is 11.3 Å². The largest absolute Gasteiger partial charge is 0.333 e. The molecule has 3 nitrogen and oxygen atoms in total. The smallest absolute Gasteiger partial charge is 0.246 e. The molecule has 21 heavy (non-hydrogen) atoms. The van der Waals surface area contributed by atoms with Crippen molar-refractivity contribution < 1.29 is 4.79 Å². The molecule has 1 aromatic heterocycles. The Morgan fingerprint density at radius 3 is 3.05 bits per heavy atom. The molecule has 0 aliphatic carbocycles. The van der Waals surface area contributed by atoms with Crippen molar-refractivity contribution in [3.8, 4) is 0 Å². The Morgan fingerprint density at radius 2 is 2.33 bits per heavy atom. The van der Waals surface area contributed by atoms with Crippen molar-refractivity contribution in [2.45, 2.75) is 25.3 Å². The standard InChI is InChI=1S/C16H21ClN2OS/c1-3-16(20)19-9-13(11-5-4-6-18(2)8-11)12-7-15(17)21-14(12)10-19/h3,7,11,13H,1,4-6,8-10H2,2H3/t11-,13+/m1/s1. The first-order valence-corrected chi connectivity index (χ1v) is 8.66. The molecule has 1 saturated heterocycles. The van der Waals surface area contributed by atoms with Crippen LogP contribution in [0.15, 0.2) is 18.7 Å². The molecule has 3 heterocycles. The number of piperidine rings is 1. The normalized spacial score (nSPS) is 26.5. The van der Waals surface area contributed by atoms with E-state index >= 15 is 0 Å².